The summed E-state index contributed by atoms with van der Waals surface area (Å²) in [5.74, 6) is 5.17. The summed E-state index contributed by atoms with van der Waals surface area (Å²) >= 11 is 1.59. The van der Waals surface area contributed by atoms with Gasteiger partial charge < -0.3 is 5.43 Å². The lowest BCUT2D eigenvalue weighted by molar-refractivity contribution is 0.840. The molecule has 3 N–H and O–H groups in total. The molecule has 0 aliphatic carbocycles. The molecule has 1 aliphatic heterocycles. The lowest BCUT2D eigenvalue weighted by Gasteiger charge is -2.14. The van der Waals surface area contributed by atoms with Gasteiger partial charge in [0.05, 0.1) is 10.4 Å². The van der Waals surface area contributed by atoms with Crippen LogP contribution in [0.2, 0.25) is 0 Å². The second-order valence-corrected chi connectivity index (χ2v) is 4.23. The maximum atomic E-state index is 5.17. The van der Waals surface area contributed by atoms with Crippen LogP contribution in [-0.2, 0) is 0 Å². The van der Waals surface area contributed by atoms with Crippen LogP contribution < -0.4 is 11.3 Å². The Bertz CT molecular complexity index is 195. The summed E-state index contributed by atoms with van der Waals surface area (Å²) in [5, 5.41) is 0.745. The van der Waals surface area contributed by atoms with E-state index < -0.39 is 0 Å². The van der Waals surface area contributed by atoms with Gasteiger partial charge in [-0.15, -0.1) is 0 Å². The Morgan fingerprint density at radius 3 is 2.50 bits per heavy atom. The van der Waals surface area contributed by atoms with Gasteiger partial charge in [-0.05, 0) is 13.8 Å². The van der Waals surface area contributed by atoms with Crippen molar-refractivity contribution in [2.24, 2.45) is 10.8 Å². The molecule has 0 spiro atoms. The molecule has 0 atom stereocenters. The van der Waals surface area contributed by atoms with Gasteiger partial charge in [-0.3, -0.25) is 0 Å². The van der Waals surface area contributed by atoms with Crippen molar-refractivity contribution in [3.05, 3.63) is 12.3 Å². The molecule has 1 heterocycles. The van der Waals surface area contributed by atoms with E-state index in [1.54, 1.807) is 11.8 Å². The SMILES string of the molecule is C=C1N=C(NN)SC1(C)C. The van der Waals surface area contributed by atoms with E-state index in [9.17, 15) is 0 Å². The van der Waals surface area contributed by atoms with Gasteiger partial charge in [0.2, 0.25) is 0 Å². The first kappa shape index (κ1) is 7.63. The topological polar surface area (TPSA) is 50.4 Å². The first-order valence-corrected chi connectivity index (χ1v) is 3.81. The fraction of sp³-hybridized carbons (Fsp3) is 0.500. The van der Waals surface area contributed by atoms with E-state index in [0.29, 0.717) is 0 Å². The van der Waals surface area contributed by atoms with Crippen LogP contribution in [0.5, 0.6) is 0 Å². The number of amidine groups is 1. The van der Waals surface area contributed by atoms with Crippen molar-refractivity contribution >= 4 is 16.9 Å². The number of hydrazine groups is 1. The minimum Gasteiger partial charge on any atom is -0.303 e. The third-order valence-corrected chi connectivity index (χ3v) is 2.56. The van der Waals surface area contributed by atoms with E-state index >= 15 is 0 Å². The van der Waals surface area contributed by atoms with Gasteiger partial charge in [0, 0.05) is 0 Å². The molecule has 0 unspecified atom stereocenters. The number of nitrogens with one attached hydrogen (secondary N) is 1. The molecule has 0 radical (unpaired) electrons. The molecule has 0 bridgehead atoms. The van der Waals surface area contributed by atoms with Crippen LogP contribution in [0.25, 0.3) is 0 Å². The summed E-state index contributed by atoms with van der Waals surface area (Å²) < 4.78 is 0.00169. The summed E-state index contributed by atoms with van der Waals surface area (Å²) in [6.45, 7) is 7.93. The van der Waals surface area contributed by atoms with Crippen molar-refractivity contribution in [2.75, 3.05) is 0 Å². The summed E-state index contributed by atoms with van der Waals surface area (Å²) in [4.78, 5) is 4.11. The number of aliphatic imine (C=N–C) groups is 1. The van der Waals surface area contributed by atoms with E-state index in [0.717, 1.165) is 10.9 Å². The Morgan fingerprint density at radius 1 is 1.70 bits per heavy atom. The fourth-order valence-electron chi connectivity index (χ4n) is 0.642. The summed E-state index contributed by atoms with van der Waals surface area (Å²) in [5.41, 5.74) is 3.37. The predicted octanol–water partition coefficient (Wildman–Crippen LogP) is 0.845. The van der Waals surface area contributed by atoms with Crippen LogP contribution in [0.1, 0.15) is 13.8 Å². The van der Waals surface area contributed by atoms with E-state index in [4.69, 9.17) is 5.84 Å². The molecule has 4 heteroatoms. The van der Waals surface area contributed by atoms with Crippen LogP contribution in [0.4, 0.5) is 0 Å². The van der Waals surface area contributed by atoms with E-state index in [2.05, 4.69) is 30.8 Å². The van der Waals surface area contributed by atoms with Crippen LogP contribution in [0, 0.1) is 0 Å². The molecule has 0 aromatic carbocycles. The van der Waals surface area contributed by atoms with Gasteiger partial charge in [-0.1, -0.05) is 18.3 Å². The molecule has 0 amide bonds. The van der Waals surface area contributed by atoms with Crippen molar-refractivity contribution in [3.63, 3.8) is 0 Å². The third-order valence-electron chi connectivity index (χ3n) is 1.41. The Labute approximate surface area is 64.7 Å². The zero-order valence-electron chi connectivity index (χ0n) is 6.14. The summed E-state index contributed by atoms with van der Waals surface area (Å²) in [6.07, 6.45) is 0. The molecular weight excluding hydrogens is 146 g/mol. The average Bonchev–Trinajstić information content (AvgIpc) is 2.08. The van der Waals surface area contributed by atoms with Gasteiger partial charge in [0.1, 0.15) is 0 Å². The molecule has 3 nitrogen and oxygen atoms in total. The average molecular weight is 157 g/mol. The van der Waals surface area contributed by atoms with Crippen molar-refractivity contribution in [3.8, 4) is 0 Å². The molecule has 1 rings (SSSR count). The lowest BCUT2D eigenvalue weighted by Crippen LogP contribution is -2.27. The number of rotatable bonds is 0. The van der Waals surface area contributed by atoms with Gasteiger partial charge in [-0.25, -0.2) is 10.8 Å². The highest BCUT2D eigenvalue weighted by Gasteiger charge is 2.30. The summed E-state index contributed by atoms with van der Waals surface area (Å²) in [6, 6.07) is 0. The van der Waals surface area contributed by atoms with Crippen LogP contribution in [0.3, 0.4) is 0 Å². The van der Waals surface area contributed by atoms with E-state index in [1.165, 1.54) is 0 Å². The number of nitrogens with zero attached hydrogens (tertiary/aromatic N) is 1. The van der Waals surface area contributed by atoms with Gasteiger partial charge in [0.15, 0.2) is 5.17 Å². The molecule has 0 saturated carbocycles. The largest absolute Gasteiger partial charge is 0.303 e. The first-order valence-electron chi connectivity index (χ1n) is 3.00. The molecule has 0 fully saturated rings. The number of hydrogen-bond acceptors (Lipinski definition) is 4. The van der Waals surface area contributed by atoms with E-state index in [1.807, 2.05) is 0 Å². The summed E-state index contributed by atoms with van der Waals surface area (Å²) in [7, 11) is 0. The standard InChI is InChI=1S/C6H11N3S/c1-4-6(2,3)10-5(8-4)9-7/h1,7H2,2-3H3,(H,8,9). The van der Waals surface area contributed by atoms with E-state index in [-0.39, 0.29) is 4.75 Å². The molecule has 0 saturated heterocycles. The zero-order valence-corrected chi connectivity index (χ0v) is 6.96. The van der Waals surface area contributed by atoms with Crippen molar-refractivity contribution < 1.29 is 0 Å². The molecule has 0 aromatic rings. The van der Waals surface area contributed by atoms with Gasteiger partial charge >= 0.3 is 0 Å². The quantitative estimate of drug-likeness (QED) is 0.405. The Morgan fingerprint density at radius 2 is 2.30 bits per heavy atom. The van der Waals surface area contributed by atoms with Crippen molar-refractivity contribution in [1.29, 1.82) is 0 Å². The highest BCUT2D eigenvalue weighted by molar-refractivity contribution is 8.15. The molecule has 1 aliphatic rings. The molecule has 56 valence electrons. The minimum absolute atomic E-state index is 0.00169. The van der Waals surface area contributed by atoms with Crippen molar-refractivity contribution in [2.45, 2.75) is 18.6 Å². The second kappa shape index (κ2) is 2.29. The first-order chi connectivity index (χ1) is 4.56. The number of nitrogens with two attached hydrogens (primary N) is 1. The Balaban J connectivity index is 2.76. The fourth-order valence-corrected chi connectivity index (χ4v) is 1.50. The van der Waals surface area contributed by atoms with Crippen LogP contribution >= 0.6 is 11.8 Å². The molecular formula is C6H11N3S. The molecule has 0 aromatic heterocycles. The van der Waals surface area contributed by atoms with Crippen molar-refractivity contribution in [1.82, 2.24) is 5.43 Å². The third kappa shape index (κ3) is 1.17. The van der Waals surface area contributed by atoms with Crippen LogP contribution in [-0.4, -0.2) is 9.91 Å². The zero-order chi connectivity index (χ0) is 7.78. The Kier molecular flexibility index (Phi) is 1.74. The second-order valence-electron chi connectivity index (χ2n) is 2.62. The lowest BCUT2D eigenvalue weighted by atomic mass is 10.1. The Hall–Kier alpha value is -0.480. The maximum absolute atomic E-state index is 5.17. The predicted molar refractivity (Wildman–Crippen MR) is 45.6 cm³/mol. The highest BCUT2D eigenvalue weighted by atomic mass is 32.2. The minimum atomic E-state index is 0.00169. The number of hydrogen-bond donors (Lipinski definition) is 2. The monoisotopic (exact) mass is 157 g/mol. The molecule has 10 heavy (non-hydrogen) atoms. The van der Waals surface area contributed by atoms with Gasteiger partial charge in [0.25, 0.3) is 0 Å². The normalized spacial score (nSPS) is 22.7. The maximum Gasteiger partial charge on any atom is 0.176 e. The highest BCUT2D eigenvalue weighted by Crippen LogP contribution is 2.37. The smallest absolute Gasteiger partial charge is 0.176 e. The number of thioether (sulfide) groups is 1. The van der Waals surface area contributed by atoms with Gasteiger partial charge in [-0.2, -0.15) is 0 Å². The van der Waals surface area contributed by atoms with Crippen LogP contribution in [0.15, 0.2) is 17.3 Å².